The fourth-order valence-corrected chi connectivity index (χ4v) is 8.84. The highest BCUT2D eigenvalue weighted by Crippen LogP contribution is 2.47. The molecule has 3 aliphatic heterocycles. The zero-order valence-electron chi connectivity index (χ0n) is 25.7. The molecule has 7 unspecified atom stereocenters. The zero-order chi connectivity index (χ0) is 29.1. The minimum absolute atomic E-state index is 0.0749. The van der Waals surface area contributed by atoms with Gasteiger partial charge in [-0.1, -0.05) is 29.8 Å². The molecule has 5 aliphatic rings. The second-order valence-corrected chi connectivity index (χ2v) is 13.9. The molecule has 3 heterocycles. The lowest BCUT2D eigenvalue weighted by atomic mass is 9.60. The number of nitrogens with zero attached hydrogens (tertiary/aromatic N) is 1. The Balaban J connectivity index is 0.934. The van der Waals surface area contributed by atoms with Crippen LogP contribution in [0.2, 0.25) is 0 Å². The van der Waals surface area contributed by atoms with Crippen LogP contribution in [0.4, 0.5) is 0 Å². The smallest absolute Gasteiger partial charge is 0.332 e. The molecule has 1 aromatic rings. The first-order valence-corrected chi connectivity index (χ1v) is 16.8. The van der Waals surface area contributed by atoms with Crippen molar-refractivity contribution in [1.82, 2.24) is 15.5 Å². The minimum atomic E-state index is -0.857. The van der Waals surface area contributed by atoms with Crippen LogP contribution in [0, 0.1) is 30.6 Å². The van der Waals surface area contributed by atoms with Gasteiger partial charge in [0.05, 0.1) is 38.2 Å². The average molecular weight is 584 g/mol. The summed E-state index contributed by atoms with van der Waals surface area (Å²) in [5.41, 5.74) is 2.59. The van der Waals surface area contributed by atoms with E-state index in [0.29, 0.717) is 44.0 Å². The van der Waals surface area contributed by atoms with Crippen molar-refractivity contribution in [3.63, 3.8) is 0 Å². The van der Waals surface area contributed by atoms with Crippen molar-refractivity contribution >= 4 is 5.97 Å². The van der Waals surface area contributed by atoms with Crippen LogP contribution >= 0.6 is 0 Å². The van der Waals surface area contributed by atoms with E-state index < -0.39 is 12.1 Å². The van der Waals surface area contributed by atoms with E-state index in [1.807, 2.05) is 0 Å². The monoisotopic (exact) mass is 583 g/mol. The Morgan fingerprint density at radius 1 is 0.952 bits per heavy atom. The summed E-state index contributed by atoms with van der Waals surface area (Å²) >= 11 is 0. The predicted molar refractivity (Wildman–Crippen MR) is 162 cm³/mol. The number of likely N-dealkylation sites (tertiary alicyclic amines) is 1. The normalized spacial score (nSPS) is 37.7. The van der Waals surface area contributed by atoms with E-state index in [2.05, 4.69) is 53.6 Å². The summed E-state index contributed by atoms with van der Waals surface area (Å²) in [6.45, 7) is 9.61. The number of carboxylic acid groups (broad SMARTS) is 1. The van der Waals surface area contributed by atoms with Crippen molar-refractivity contribution in [2.75, 3.05) is 32.8 Å². The molecule has 0 aromatic heterocycles. The second kappa shape index (κ2) is 14.0. The summed E-state index contributed by atoms with van der Waals surface area (Å²) in [4.78, 5) is 13.6. The van der Waals surface area contributed by atoms with Gasteiger partial charge in [0.25, 0.3) is 0 Å². The molecule has 8 heteroatoms. The van der Waals surface area contributed by atoms with Crippen LogP contribution in [0.3, 0.4) is 0 Å². The number of ether oxygens (including phenoxy) is 3. The van der Waals surface area contributed by atoms with Gasteiger partial charge in [0.15, 0.2) is 6.10 Å². The molecule has 3 saturated heterocycles. The molecular weight excluding hydrogens is 530 g/mol. The maximum atomic E-state index is 11.1. The van der Waals surface area contributed by atoms with Crippen molar-refractivity contribution in [3.05, 3.63) is 35.4 Å². The standard InChI is InChI=1S/C34H53N3O5/c1-22-3-5-24(6-4-22)20-41-27-8-11-29-26(19-27)7-10-30-32(35-23(2)36-33(29)30)25-13-15-37(16-14-25)17-18-40-21-28-9-12-31(42-28)34(38)39/h3-6,23,25-33,35-36H,7-21H2,1-2H3,(H,38,39)/t23?,26?,27?,28-,29?,30?,31+,32?,33?/m1/s1. The number of rotatable bonds is 10. The number of carboxylic acids is 1. The minimum Gasteiger partial charge on any atom is -0.479 e. The molecule has 1 aromatic carbocycles. The SMILES string of the molecule is Cc1ccc(COC2CCC3C(CCC4C(C5CCN(CCOC[C@H]6CC[C@@H](C(=O)O)O6)CC5)NC(C)NC34)C2)cc1. The number of aryl methyl sites for hydroxylation is 1. The quantitative estimate of drug-likeness (QED) is 0.351. The van der Waals surface area contributed by atoms with Crippen LogP contribution < -0.4 is 10.6 Å². The summed E-state index contributed by atoms with van der Waals surface area (Å²) < 4.78 is 17.9. The largest absolute Gasteiger partial charge is 0.479 e. The van der Waals surface area contributed by atoms with E-state index in [9.17, 15) is 4.79 Å². The number of hydrogen-bond acceptors (Lipinski definition) is 7. The molecule has 9 atom stereocenters. The van der Waals surface area contributed by atoms with Gasteiger partial charge in [0, 0.05) is 18.6 Å². The number of nitrogens with one attached hydrogen (secondary N) is 2. The molecule has 5 fully saturated rings. The Morgan fingerprint density at radius 2 is 1.71 bits per heavy atom. The molecule has 8 nitrogen and oxygen atoms in total. The van der Waals surface area contributed by atoms with Gasteiger partial charge in [0.1, 0.15) is 0 Å². The summed E-state index contributed by atoms with van der Waals surface area (Å²) in [6.07, 6.45) is 10.3. The Morgan fingerprint density at radius 3 is 2.48 bits per heavy atom. The lowest BCUT2D eigenvalue weighted by Gasteiger charge is -2.55. The Labute approximate surface area is 252 Å². The van der Waals surface area contributed by atoms with E-state index in [4.69, 9.17) is 19.3 Å². The Kier molecular flexibility index (Phi) is 10.2. The Hall–Kier alpha value is -1.55. The number of aliphatic carboxylic acids is 1. The molecule has 2 aliphatic carbocycles. The first-order chi connectivity index (χ1) is 20.4. The maximum absolute atomic E-state index is 11.1. The lowest BCUT2D eigenvalue weighted by Crippen LogP contribution is -2.68. The van der Waals surface area contributed by atoms with E-state index in [-0.39, 0.29) is 6.10 Å². The molecule has 0 radical (unpaired) electrons. The van der Waals surface area contributed by atoms with Crippen molar-refractivity contribution in [2.45, 2.75) is 115 Å². The van der Waals surface area contributed by atoms with Crippen LogP contribution in [0.15, 0.2) is 24.3 Å². The maximum Gasteiger partial charge on any atom is 0.332 e. The molecule has 0 bridgehead atoms. The van der Waals surface area contributed by atoms with Gasteiger partial charge in [-0.3, -0.25) is 10.6 Å². The van der Waals surface area contributed by atoms with Crippen molar-refractivity contribution < 1.29 is 24.1 Å². The summed E-state index contributed by atoms with van der Waals surface area (Å²) in [5.74, 6) is 2.18. The predicted octanol–water partition coefficient (Wildman–Crippen LogP) is 4.34. The van der Waals surface area contributed by atoms with Gasteiger partial charge in [-0.15, -0.1) is 0 Å². The number of benzene rings is 1. The number of hydrogen-bond donors (Lipinski definition) is 3. The molecule has 2 saturated carbocycles. The molecule has 42 heavy (non-hydrogen) atoms. The summed E-state index contributed by atoms with van der Waals surface area (Å²) in [5, 5.41) is 17.1. The average Bonchev–Trinajstić information content (AvgIpc) is 3.48. The van der Waals surface area contributed by atoms with E-state index in [0.717, 1.165) is 56.3 Å². The first kappa shape index (κ1) is 30.5. The molecular formula is C34H53N3O5. The van der Waals surface area contributed by atoms with Crippen LogP contribution in [0.1, 0.15) is 75.8 Å². The van der Waals surface area contributed by atoms with Crippen molar-refractivity contribution in [1.29, 1.82) is 0 Å². The third kappa shape index (κ3) is 7.39. The van der Waals surface area contributed by atoms with Crippen molar-refractivity contribution in [2.24, 2.45) is 23.7 Å². The van der Waals surface area contributed by atoms with Gasteiger partial charge in [-0.2, -0.15) is 0 Å². The van der Waals surface area contributed by atoms with Crippen LogP contribution in [-0.2, 0) is 25.6 Å². The molecule has 0 amide bonds. The highest BCUT2D eigenvalue weighted by Gasteiger charge is 2.49. The lowest BCUT2D eigenvalue weighted by molar-refractivity contribution is -0.150. The third-order valence-corrected chi connectivity index (χ3v) is 11.1. The summed E-state index contributed by atoms with van der Waals surface area (Å²) in [6, 6.07) is 10.0. The van der Waals surface area contributed by atoms with E-state index >= 15 is 0 Å². The van der Waals surface area contributed by atoms with Crippen LogP contribution in [0.25, 0.3) is 0 Å². The number of carbonyl (C=O) groups is 1. The van der Waals surface area contributed by atoms with Gasteiger partial charge in [-0.05, 0) is 114 Å². The zero-order valence-corrected chi connectivity index (χ0v) is 25.7. The van der Waals surface area contributed by atoms with Gasteiger partial charge >= 0.3 is 5.97 Å². The van der Waals surface area contributed by atoms with Gasteiger partial charge in [0.2, 0.25) is 0 Å². The van der Waals surface area contributed by atoms with Crippen LogP contribution in [0.5, 0.6) is 0 Å². The fraction of sp³-hybridized carbons (Fsp3) is 0.794. The van der Waals surface area contributed by atoms with E-state index in [1.54, 1.807) is 0 Å². The first-order valence-electron chi connectivity index (χ1n) is 16.8. The van der Waals surface area contributed by atoms with Gasteiger partial charge in [-0.25, -0.2) is 4.79 Å². The highest BCUT2D eigenvalue weighted by molar-refractivity contribution is 5.72. The fourth-order valence-electron chi connectivity index (χ4n) is 8.84. The Bertz CT molecular complexity index is 1010. The van der Waals surface area contributed by atoms with E-state index in [1.165, 1.54) is 56.1 Å². The highest BCUT2D eigenvalue weighted by atomic mass is 16.6. The molecule has 234 valence electrons. The van der Waals surface area contributed by atoms with Crippen molar-refractivity contribution in [3.8, 4) is 0 Å². The number of fused-ring (bicyclic) bond motifs is 3. The molecule has 0 spiro atoms. The molecule has 3 N–H and O–H groups in total. The second-order valence-electron chi connectivity index (χ2n) is 13.9. The topological polar surface area (TPSA) is 92.3 Å². The molecule has 6 rings (SSSR count). The summed E-state index contributed by atoms with van der Waals surface area (Å²) in [7, 11) is 0. The third-order valence-electron chi connectivity index (χ3n) is 11.1. The van der Waals surface area contributed by atoms with Crippen LogP contribution in [-0.4, -0.2) is 85.4 Å². The van der Waals surface area contributed by atoms with Gasteiger partial charge < -0.3 is 24.2 Å². The number of piperidine rings is 1.